The summed E-state index contributed by atoms with van der Waals surface area (Å²) in [6.07, 6.45) is 0. The highest BCUT2D eigenvalue weighted by Gasteiger charge is 2.30. The number of esters is 1. The van der Waals surface area contributed by atoms with E-state index in [9.17, 15) is 9.59 Å². The first-order valence-electron chi connectivity index (χ1n) is 6.69. The van der Waals surface area contributed by atoms with E-state index in [0.717, 1.165) is 22.3 Å². The summed E-state index contributed by atoms with van der Waals surface area (Å²) in [5.41, 5.74) is 4.89. The summed E-state index contributed by atoms with van der Waals surface area (Å²) in [5.74, 6) is 0.568. The maximum absolute atomic E-state index is 12.0. The second-order valence-electron chi connectivity index (χ2n) is 5.45. The molecule has 0 amide bonds. The second-order valence-corrected chi connectivity index (χ2v) is 5.45. The first-order chi connectivity index (χ1) is 9.86. The van der Waals surface area contributed by atoms with Crippen LogP contribution < -0.4 is 9.47 Å². The molecule has 1 aromatic rings. The fourth-order valence-corrected chi connectivity index (χ4v) is 2.29. The van der Waals surface area contributed by atoms with Gasteiger partial charge >= 0.3 is 5.97 Å². The number of carbonyl (C=O) groups is 2. The van der Waals surface area contributed by atoms with Crippen LogP contribution in [0.1, 0.15) is 45.7 Å². The van der Waals surface area contributed by atoms with Gasteiger partial charge in [-0.25, -0.2) is 4.79 Å². The summed E-state index contributed by atoms with van der Waals surface area (Å²) in [4.78, 5) is 22.7. The van der Waals surface area contributed by atoms with E-state index in [4.69, 9.17) is 9.47 Å². The number of fused-ring (bicyclic) bond motifs is 1. The number of ether oxygens (including phenoxy) is 2. The number of carbonyl (C=O) groups excluding carboxylic acids is 2. The van der Waals surface area contributed by atoms with Crippen molar-refractivity contribution in [2.24, 2.45) is 0 Å². The van der Waals surface area contributed by atoms with E-state index in [0.29, 0.717) is 29.1 Å². The maximum Gasteiger partial charge on any atom is 0.344 e. The lowest BCUT2D eigenvalue weighted by atomic mass is 9.96. The normalized spacial score (nSPS) is 12.6. The van der Waals surface area contributed by atoms with Crippen LogP contribution in [0.25, 0.3) is 11.1 Å². The van der Waals surface area contributed by atoms with Crippen LogP contribution in [0.3, 0.4) is 0 Å². The van der Waals surface area contributed by atoms with E-state index >= 15 is 0 Å². The first-order valence-corrected chi connectivity index (χ1v) is 6.69. The Morgan fingerprint density at radius 1 is 1.14 bits per heavy atom. The van der Waals surface area contributed by atoms with Crippen molar-refractivity contribution in [1.82, 2.24) is 0 Å². The third-order valence-corrected chi connectivity index (χ3v) is 3.59. The SMILES string of the molecule is CC(C)=C(C)c1cc2c(cc1OC=O)C(=C(C)C)C(=O)O2. The van der Waals surface area contributed by atoms with Crippen molar-refractivity contribution in [3.05, 3.63) is 34.4 Å². The summed E-state index contributed by atoms with van der Waals surface area (Å²) >= 11 is 0. The van der Waals surface area contributed by atoms with Crippen molar-refractivity contribution in [3.8, 4) is 11.5 Å². The van der Waals surface area contributed by atoms with Gasteiger partial charge in [-0.3, -0.25) is 4.79 Å². The molecule has 0 atom stereocenters. The number of benzene rings is 1. The molecule has 2 rings (SSSR count). The lowest BCUT2D eigenvalue weighted by molar-refractivity contribution is -0.127. The summed E-state index contributed by atoms with van der Waals surface area (Å²) in [5, 5.41) is 0. The molecule has 110 valence electrons. The smallest absolute Gasteiger partial charge is 0.344 e. The third kappa shape index (κ3) is 2.61. The van der Waals surface area contributed by atoms with Gasteiger partial charge in [-0.1, -0.05) is 11.1 Å². The topological polar surface area (TPSA) is 52.6 Å². The predicted molar refractivity (Wildman–Crippen MR) is 81.0 cm³/mol. The molecule has 1 aliphatic rings. The van der Waals surface area contributed by atoms with Gasteiger partial charge in [0.25, 0.3) is 6.47 Å². The van der Waals surface area contributed by atoms with Crippen LogP contribution >= 0.6 is 0 Å². The van der Waals surface area contributed by atoms with Gasteiger partial charge in [-0.05, 0) is 52.3 Å². The quantitative estimate of drug-likeness (QED) is 0.367. The van der Waals surface area contributed by atoms with Gasteiger partial charge in [-0.2, -0.15) is 0 Å². The molecule has 0 fully saturated rings. The minimum absolute atomic E-state index is 0.367. The Kier molecular flexibility index (Phi) is 3.98. The molecule has 0 radical (unpaired) electrons. The highest BCUT2D eigenvalue weighted by Crippen LogP contribution is 2.42. The Balaban J connectivity index is 2.72. The monoisotopic (exact) mass is 286 g/mol. The Morgan fingerprint density at radius 3 is 2.33 bits per heavy atom. The van der Waals surface area contributed by atoms with E-state index in [1.54, 1.807) is 12.1 Å². The van der Waals surface area contributed by atoms with Crippen LogP contribution in [0.4, 0.5) is 0 Å². The minimum Gasteiger partial charge on any atom is -0.428 e. The van der Waals surface area contributed by atoms with Crippen molar-refractivity contribution in [3.63, 3.8) is 0 Å². The molecule has 0 aliphatic carbocycles. The zero-order chi connectivity index (χ0) is 15.7. The van der Waals surface area contributed by atoms with Crippen LogP contribution in [0.5, 0.6) is 11.5 Å². The van der Waals surface area contributed by atoms with Crippen molar-refractivity contribution in [2.75, 3.05) is 0 Å². The first kappa shape index (κ1) is 15.0. The maximum atomic E-state index is 12.0. The molecule has 1 heterocycles. The molecule has 0 unspecified atom stereocenters. The Bertz CT molecular complexity index is 685. The zero-order valence-electron chi connectivity index (χ0n) is 12.9. The van der Waals surface area contributed by atoms with E-state index in [2.05, 4.69) is 0 Å². The number of hydrogen-bond acceptors (Lipinski definition) is 4. The number of hydrogen-bond donors (Lipinski definition) is 0. The van der Waals surface area contributed by atoms with Crippen LogP contribution in [-0.4, -0.2) is 12.4 Å². The van der Waals surface area contributed by atoms with E-state index in [1.807, 2.05) is 34.6 Å². The van der Waals surface area contributed by atoms with Gasteiger partial charge in [0.05, 0.1) is 5.57 Å². The van der Waals surface area contributed by atoms with Crippen molar-refractivity contribution in [2.45, 2.75) is 34.6 Å². The molecule has 1 aromatic carbocycles. The minimum atomic E-state index is -0.367. The molecule has 4 nitrogen and oxygen atoms in total. The van der Waals surface area contributed by atoms with Crippen molar-refractivity contribution < 1.29 is 19.1 Å². The predicted octanol–water partition coefficient (Wildman–Crippen LogP) is 3.75. The molecular weight excluding hydrogens is 268 g/mol. The Morgan fingerprint density at radius 2 is 1.81 bits per heavy atom. The summed E-state index contributed by atoms with van der Waals surface area (Å²) < 4.78 is 10.4. The molecule has 21 heavy (non-hydrogen) atoms. The molecule has 0 saturated carbocycles. The van der Waals surface area contributed by atoms with Gasteiger partial charge in [0.1, 0.15) is 11.5 Å². The number of rotatable bonds is 3. The van der Waals surface area contributed by atoms with E-state index in [-0.39, 0.29) is 5.97 Å². The van der Waals surface area contributed by atoms with Gasteiger partial charge in [-0.15, -0.1) is 0 Å². The third-order valence-electron chi connectivity index (χ3n) is 3.59. The number of allylic oxidation sites excluding steroid dienone is 3. The van der Waals surface area contributed by atoms with Crippen LogP contribution in [0.2, 0.25) is 0 Å². The average Bonchev–Trinajstić information content (AvgIpc) is 2.72. The molecule has 0 N–H and O–H groups in total. The second kappa shape index (κ2) is 5.56. The highest BCUT2D eigenvalue weighted by atomic mass is 16.5. The average molecular weight is 286 g/mol. The van der Waals surface area contributed by atoms with E-state index in [1.165, 1.54) is 0 Å². The van der Waals surface area contributed by atoms with Gasteiger partial charge in [0.2, 0.25) is 0 Å². The van der Waals surface area contributed by atoms with Gasteiger partial charge in [0, 0.05) is 11.1 Å². The van der Waals surface area contributed by atoms with Crippen LogP contribution in [-0.2, 0) is 9.59 Å². The Hall–Kier alpha value is -2.36. The molecule has 0 bridgehead atoms. The molecule has 0 spiro atoms. The van der Waals surface area contributed by atoms with Crippen molar-refractivity contribution >= 4 is 23.6 Å². The molecule has 0 aromatic heterocycles. The zero-order valence-corrected chi connectivity index (χ0v) is 12.9. The summed E-state index contributed by atoms with van der Waals surface area (Å²) in [6, 6.07) is 3.45. The molecule has 1 aliphatic heterocycles. The standard InChI is InChI=1S/C17H18O4/c1-9(2)11(5)12-6-15-13(7-14(12)20-8-18)16(10(3)4)17(19)21-15/h6-8H,1-5H3. The fourth-order valence-electron chi connectivity index (χ4n) is 2.29. The van der Waals surface area contributed by atoms with Gasteiger partial charge < -0.3 is 9.47 Å². The van der Waals surface area contributed by atoms with Crippen LogP contribution in [0, 0.1) is 0 Å². The fraction of sp³-hybridized carbons (Fsp3) is 0.294. The molecule has 4 heteroatoms. The summed E-state index contributed by atoms with van der Waals surface area (Å²) in [6.45, 7) is 9.97. The van der Waals surface area contributed by atoms with Gasteiger partial charge in [0.15, 0.2) is 0 Å². The lowest BCUT2D eigenvalue weighted by Crippen LogP contribution is -2.01. The van der Waals surface area contributed by atoms with Crippen LogP contribution in [0.15, 0.2) is 23.3 Å². The highest BCUT2D eigenvalue weighted by molar-refractivity contribution is 6.22. The summed E-state index contributed by atoms with van der Waals surface area (Å²) in [7, 11) is 0. The molecular formula is C17H18O4. The Labute approximate surface area is 124 Å². The largest absolute Gasteiger partial charge is 0.428 e. The van der Waals surface area contributed by atoms with E-state index < -0.39 is 0 Å². The lowest BCUT2D eigenvalue weighted by Gasteiger charge is -2.11. The van der Waals surface area contributed by atoms with Crippen molar-refractivity contribution in [1.29, 1.82) is 0 Å². The molecule has 0 saturated heterocycles.